The van der Waals surface area contributed by atoms with Gasteiger partial charge in [0.25, 0.3) is 0 Å². The Labute approximate surface area is 176 Å². The molecule has 29 heavy (non-hydrogen) atoms. The Hall–Kier alpha value is -2.33. The minimum atomic E-state index is -0.394. The molecule has 2 aromatic rings. The first-order chi connectivity index (χ1) is 13.8. The zero-order valence-corrected chi connectivity index (χ0v) is 19.0. The molecule has 0 aliphatic heterocycles. The van der Waals surface area contributed by atoms with Crippen molar-refractivity contribution in [2.24, 2.45) is 0 Å². The standard InChI is InChI=1S/C23H31NO3.C2H6/c1-16(2)24(17(3)4)14-13-20(18-9-7-6-8-10-18)21-15-19(23(26)27-5)11-12-22(21)25;1-2/h6-12,15-17,20,25H,13-14H2,1-5H3;1-2H3/t20-;/m1./s1. The lowest BCUT2D eigenvalue weighted by Gasteiger charge is -2.32. The highest BCUT2D eigenvalue weighted by atomic mass is 16.5. The fourth-order valence-corrected chi connectivity index (χ4v) is 3.66. The van der Waals surface area contributed by atoms with E-state index in [-0.39, 0.29) is 11.7 Å². The molecule has 0 saturated carbocycles. The van der Waals surface area contributed by atoms with Gasteiger partial charge in [0, 0.05) is 23.6 Å². The van der Waals surface area contributed by atoms with Crippen LogP contribution in [-0.4, -0.2) is 41.7 Å². The van der Waals surface area contributed by atoms with Crippen molar-refractivity contribution in [1.29, 1.82) is 0 Å². The van der Waals surface area contributed by atoms with Gasteiger partial charge in [-0.1, -0.05) is 44.2 Å². The number of hydrogen-bond acceptors (Lipinski definition) is 4. The predicted octanol–water partition coefficient (Wildman–Crippen LogP) is 5.85. The summed E-state index contributed by atoms with van der Waals surface area (Å²) in [5.74, 6) is -0.193. The van der Waals surface area contributed by atoms with Crippen molar-refractivity contribution < 1.29 is 14.6 Å². The molecule has 0 aliphatic rings. The highest BCUT2D eigenvalue weighted by Crippen LogP contribution is 2.35. The van der Waals surface area contributed by atoms with Crippen molar-refractivity contribution in [1.82, 2.24) is 4.90 Å². The average molecular weight is 400 g/mol. The number of phenols is 1. The highest BCUT2D eigenvalue weighted by molar-refractivity contribution is 5.89. The van der Waals surface area contributed by atoms with Crippen molar-refractivity contribution in [3.63, 3.8) is 0 Å². The average Bonchev–Trinajstić information content (AvgIpc) is 2.73. The Morgan fingerprint density at radius 1 is 1.00 bits per heavy atom. The van der Waals surface area contributed by atoms with Crippen molar-refractivity contribution in [3.05, 3.63) is 65.2 Å². The number of phenolic OH excluding ortho intramolecular Hbond substituents is 1. The Morgan fingerprint density at radius 3 is 2.10 bits per heavy atom. The number of methoxy groups -OCH3 is 1. The van der Waals surface area contributed by atoms with E-state index in [1.54, 1.807) is 18.2 Å². The molecule has 0 aliphatic carbocycles. The van der Waals surface area contributed by atoms with E-state index < -0.39 is 5.97 Å². The molecule has 0 bridgehead atoms. The van der Waals surface area contributed by atoms with Crippen LogP contribution in [0.1, 0.15) is 75.4 Å². The molecule has 2 aromatic carbocycles. The van der Waals surface area contributed by atoms with Crippen molar-refractivity contribution in [2.45, 2.75) is 66.0 Å². The highest BCUT2D eigenvalue weighted by Gasteiger charge is 2.22. The second kappa shape index (κ2) is 12.3. The van der Waals surface area contributed by atoms with Gasteiger partial charge >= 0.3 is 5.97 Å². The molecule has 0 radical (unpaired) electrons. The molecule has 0 fully saturated rings. The molecule has 0 unspecified atom stereocenters. The van der Waals surface area contributed by atoms with Crippen LogP contribution in [0.15, 0.2) is 48.5 Å². The lowest BCUT2D eigenvalue weighted by molar-refractivity contribution is 0.0600. The van der Waals surface area contributed by atoms with E-state index in [1.165, 1.54) is 7.11 Å². The number of ether oxygens (including phenoxy) is 1. The van der Waals surface area contributed by atoms with E-state index in [0.717, 1.165) is 24.1 Å². The molecule has 160 valence electrons. The predicted molar refractivity (Wildman–Crippen MR) is 121 cm³/mol. The Balaban J connectivity index is 0.00000204. The van der Waals surface area contributed by atoms with E-state index >= 15 is 0 Å². The maximum absolute atomic E-state index is 12.0. The van der Waals surface area contributed by atoms with Gasteiger partial charge in [0.1, 0.15) is 5.75 Å². The van der Waals surface area contributed by atoms with Gasteiger partial charge in [0.2, 0.25) is 0 Å². The number of rotatable bonds is 8. The van der Waals surface area contributed by atoms with Crippen LogP contribution in [-0.2, 0) is 4.74 Å². The summed E-state index contributed by atoms with van der Waals surface area (Å²) in [5.41, 5.74) is 2.34. The summed E-state index contributed by atoms with van der Waals surface area (Å²) in [6.07, 6.45) is 0.846. The van der Waals surface area contributed by atoms with Crippen molar-refractivity contribution in [2.75, 3.05) is 13.7 Å². The monoisotopic (exact) mass is 399 g/mol. The van der Waals surface area contributed by atoms with E-state index in [2.05, 4.69) is 44.7 Å². The number of hydrogen-bond donors (Lipinski definition) is 1. The van der Waals surface area contributed by atoms with Gasteiger partial charge in [-0.05, 0) is 64.4 Å². The first kappa shape index (κ1) is 24.7. The summed E-state index contributed by atoms with van der Waals surface area (Å²) < 4.78 is 4.85. The van der Waals surface area contributed by atoms with Crippen LogP contribution in [0, 0.1) is 0 Å². The van der Waals surface area contributed by atoms with Crippen molar-refractivity contribution >= 4 is 5.97 Å². The van der Waals surface area contributed by atoms with Crippen molar-refractivity contribution in [3.8, 4) is 5.75 Å². The summed E-state index contributed by atoms with van der Waals surface area (Å²) in [6.45, 7) is 13.7. The number of carbonyl (C=O) groups excluding carboxylic acids is 1. The third-order valence-corrected chi connectivity index (χ3v) is 5.03. The molecule has 0 amide bonds. The molecule has 4 nitrogen and oxygen atoms in total. The van der Waals surface area contributed by atoms with Gasteiger partial charge in [0.05, 0.1) is 12.7 Å². The molecule has 0 heterocycles. The smallest absolute Gasteiger partial charge is 0.337 e. The Kier molecular flexibility index (Phi) is 10.5. The van der Waals surface area contributed by atoms with Crippen LogP contribution < -0.4 is 0 Å². The number of aromatic hydroxyl groups is 1. The quantitative estimate of drug-likeness (QED) is 0.566. The third kappa shape index (κ3) is 6.90. The second-order valence-corrected chi connectivity index (χ2v) is 7.44. The van der Waals surface area contributed by atoms with E-state index in [0.29, 0.717) is 17.6 Å². The SMILES string of the molecule is CC.COC(=O)c1ccc(O)c([C@H](CCN(C(C)C)C(C)C)c2ccccc2)c1. The molecular formula is C25H37NO3. The van der Waals surface area contributed by atoms with Gasteiger partial charge in [-0.15, -0.1) is 0 Å². The van der Waals surface area contributed by atoms with Crippen LogP contribution in [0.5, 0.6) is 5.75 Å². The fourth-order valence-electron chi connectivity index (χ4n) is 3.66. The van der Waals surface area contributed by atoms with Crippen LogP contribution in [0.2, 0.25) is 0 Å². The van der Waals surface area contributed by atoms with Gasteiger partial charge in [0.15, 0.2) is 0 Å². The maximum atomic E-state index is 12.0. The minimum absolute atomic E-state index is 0.00388. The van der Waals surface area contributed by atoms with Crippen LogP contribution in [0.4, 0.5) is 0 Å². The molecule has 0 aromatic heterocycles. The summed E-state index contributed by atoms with van der Waals surface area (Å²) in [6, 6.07) is 16.0. The summed E-state index contributed by atoms with van der Waals surface area (Å²) >= 11 is 0. The van der Waals surface area contributed by atoms with E-state index in [4.69, 9.17) is 4.74 Å². The lowest BCUT2D eigenvalue weighted by atomic mass is 9.86. The normalized spacial score (nSPS) is 11.9. The zero-order valence-electron chi connectivity index (χ0n) is 19.0. The van der Waals surface area contributed by atoms with Gasteiger partial charge < -0.3 is 9.84 Å². The first-order valence-electron chi connectivity index (χ1n) is 10.6. The largest absolute Gasteiger partial charge is 0.508 e. The molecular weight excluding hydrogens is 362 g/mol. The van der Waals surface area contributed by atoms with Crippen LogP contribution in [0.25, 0.3) is 0 Å². The molecule has 1 atom stereocenters. The molecule has 0 saturated heterocycles. The first-order valence-corrected chi connectivity index (χ1v) is 10.6. The van der Waals surface area contributed by atoms with Gasteiger partial charge in [-0.3, -0.25) is 4.90 Å². The summed E-state index contributed by atoms with van der Waals surface area (Å²) in [5, 5.41) is 10.5. The number of benzene rings is 2. The second-order valence-electron chi connectivity index (χ2n) is 7.44. The third-order valence-electron chi connectivity index (χ3n) is 5.03. The topological polar surface area (TPSA) is 49.8 Å². The zero-order chi connectivity index (χ0) is 22.0. The number of esters is 1. The summed E-state index contributed by atoms with van der Waals surface area (Å²) in [4.78, 5) is 14.4. The number of nitrogens with zero attached hydrogens (tertiary/aromatic N) is 1. The maximum Gasteiger partial charge on any atom is 0.337 e. The summed E-state index contributed by atoms with van der Waals surface area (Å²) in [7, 11) is 1.37. The van der Waals surface area contributed by atoms with Crippen LogP contribution >= 0.6 is 0 Å². The van der Waals surface area contributed by atoms with E-state index in [9.17, 15) is 9.90 Å². The molecule has 4 heteroatoms. The molecule has 2 rings (SSSR count). The van der Waals surface area contributed by atoms with Gasteiger partial charge in [-0.25, -0.2) is 4.79 Å². The fraction of sp³-hybridized carbons (Fsp3) is 0.480. The molecule has 1 N–H and O–H groups in total. The van der Waals surface area contributed by atoms with Gasteiger partial charge in [-0.2, -0.15) is 0 Å². The van der Waals surface area contributed by atoms with Crippen LogP contribution in [0.3, 0.4) is 0 Å². The minimum Gasteiger partial charge on any atom is -0.508 e. The van der Waals surface area contributed by atoms with E-state index in [1.807, 2.05) is 32.0 Å². The Bertz CT molecular complexity index is 733. The lowest BCUT2D eigenvalue weighted by Crippen LogP contribution is -2.38. The molecule has 0 spiro atoms. The Morgan fingerprint density at radius 2 is 1.59 bits per heavy atom. The number of carbonyl (C=O) groups is 1.